The molecule has 3 saturated carbocycles. The summed E-state index contributed by atoms with van der Waals surface area (Å²) in [5, 5.41) is 8.12. The van der Waals surface area contributed by atoms with Crippen molar-refractivity contribution in [2.45, 2.75) is 52.1 Å². The van der Waals surface area contributed by atoms with Gasteiger partial charge in [-0.25, -0.2) is 0 Å². The number of fused-ring (bicyclic) bond motifs is 5. The Balaban J connectivity index is 1.83. The molecular weight excluding hydrogens is 343 g/mol. The normalized spacial score (nSPS) is 48.2. The van der Waals surface area contributed by atoms with E-state index in [0.29, 0.717) is 25.7 Å². The first kappa shape index (κ1) is 17.9. The number of rotatable bonds is 0. The summed E-state index contributed by atoms with van der Waals surface area (Å²) in [4.78, 5) is 24.4. The van der Waals surface area contributed by atoms with Gasteiger partial charge in [0, 0.05) is 17.8 Å². The van der Waals surface area contributed by atoms with Crippen LogP contribution < -0.4 is 0 Å². The third-order valence-electron chi connectivity index (χ3n) is 8.13. The van der Waals surface area contributed by atoms with Crippen LogP contribution in [0.15, 0.2) is 12.2 Å². The standard InChI is InChI=1S/C20H24F3NO2/c1-18-7-5-12-10(11(18)3-4-15(18)26)9-13(20(21,22)23)16-17(24)14(25)6-8-19(12,16)2/h6,8,10-13,16,24H,3-5,7,9H2,1-2H3/t10-,11-,12-,13-,16?,18-,19+/m0/s1. The molecule has 0 aliphatic heterocycles. The fourth-order valence-electron chi connectivity index (χ4n) is 6.81. The van der Waals surface area contributed by atoms with E-state index in [4.69, 9.17) is 5.41 Å². The van der Waals surface area contributed by atoms with Gasteiger partial charge >= 0.3 is 6.18 Å². The third kappa shape index (κ3) is 2.16. The Bertz CT molecular complexity index is 727. The zero-order chi connectivity index (χ0) is 19.1. The predicted octanol–water partition coefficient (Wildman–Crippen LogP) is 4.36. The van der Waals surface area contributed by atoms with E-state index in [0.717, 1.165) is 0 Å². The number of halogens is 3. The number of carbonyl (C=O) groups is 2. The molecule has 0 spiro atoms. The Morgan fingerprint density at radius 1 is 1.15 bits per heavy atom. The number of hydrogen-bond donors (Lipinski definition) is 1. The summed E-state index contributed by atoms with van der Waals surface area (Å²) in [5.41, 5.74) is -1.74. The molecule has 0 amide bonds. The van der Waals surface area contributed by atoms with Crippen LogP contribution in [0, 0.1) is 45.8 Å². The van der Waals surface area contributed by atoms with E-state index in [-0.39, 0.29) is 30.0 Å². The molecule has 1 N–H and O–H groups in total. The van der Waals surface area contributed by atoms with E-state index in [1.807, 2.05) is 6.92 Å². The first-order valence-corrected chi connectivity index (χ1v) is 9.42. The Labute approximate surface area is 150 Å². The van der Waals surface area contributed by atoms with E-state index in [1.165, 1.54) is 6.08 Å². The number of hydrogen-bond acceptors (Lipinski definition) is 3. The molecule has 0 bridgehead atoms. The van der Waals surface area contributed by atoms with Gasteiger partial charge in [-0.1, -0.05) is 19.9 Å². The molecule has 7 atom stereocenters. The molecule has 3 fully saturated rings. The molecule has 0 aromatic rings. The van der Waals surface area contributed by atoms with Crippen molar-refractivity contribution < 1.29 is 22.8 Å². The summed E-state index contributed by atoms with van der Waals surface area (Å²) < 4.78 is 41.9. The summed E-state index contributed by atoms with van der Waals surface area (Å²) in [6.45, 7) is 3.73. The Kier molecular flexibility index (Phi) is 3.65. The lowest BCUT2D eigenvalue weighted by atomic mass is 9.44. The minimum Gasteiger partial charge on any atom is -0.301 e. The average molecular weight is 367 g/mol. The van der Waals surface area contributed by atoms with Crippen molar-refractivity contribution in [3.8, 4) is 0 Å². The molecule has 4 aliphatic carbocycles. The number of alkyl halides is 3. The van der Waals surface area contributed by atoms with E-state index < -0.39 is 40.3 Å². The molecule has 26 heavy (non-hydrogen) atoms. The molecule has 0 aromatic carbocycles. The lowest BCUT2D eigenvalue weighted by molar-refractivity contribution is -0.221. The lowest BCUT2D eigenvalue weighted by Crippen LogP contribution is -2.60. The highest BCUT2D eigenvalue weighted by atomic mass is 19.4. The van der Waals surface area contributed by atoms with Crippen molar-refractivity contribution in [3.05, 3.63) is 12.2 Å². The van der Waals surface area contributed by atoms with E-state index in [2.05, 4.69) is 0 Å². The predicted molar refractivity (Wildman–Crippen MR) is 89.7 cm³/mol. The molecule has 0 aromatic heterocycles. The van der Waals surface area contributed by atoms with Crippen molar-refractivity contribution in [1.29, 1.82) is 5.41 Å². The quantitative estimate of drug-likeness (QED) is 0.691. The van der Waals surface area contributed by atoms with Crippen LogP contribution in [0.1, 0.15) is 46.0 Å². The number of nitrogens with one attached hydrogen (secondary N) is 1. The Morgan fingerprint density at radius 2 is 1.85 bits per heavy atom. The second-order valence-corrected chi connectivity index (χ2v) is 9.13. The second kappa shape index (κ2) is 5.29. The number of ketones is 2. The molecule has 6 heteroatoms. The van der Waals surface area contributed by atoms with Gasteiger partial charge in [0.25, 0.3) is 0 Å². The number of Topliss-reactive ketones (excluding diaryl/α,β-unsaturated/α-hetero) is 1. The van der Waals surface area contributed by atoms with Crippen LogP contribution in [-0.2, 0) is 9.59 Å². The largest absolute Gasteiger partial charge is 0.392 e. The van der Waals surface area contributed by atoms with E-state index in [1.54, 1.807) is 13.0 Å². The highest BCUT2D eigenvalue weighted by Crippen LogP contribution is 2.66. The van der Waals surface area contributed by atoms with Crippen molar-refractivity contribution in [1.82, 2.24) is 0 Å². The maximum absolute atomic E-state index is 14.0. The van der Waals surface area contributed by atoms with Crippen LogP contribution in [-0.4, -0.2) is 23.5 Å². The minimum atomic E-state index is -4.45. The summed E-state index contributed by atoms with van der Waals surface area (Å²) >= 11 is 0. The summed E-state index contributed by atoms with van der Waals surface area (Å²) in [6, 6.07) is 0. The zero-order valence-corrected chi connectivity index (χ0v) is 15.0. The van der Waals surface area contributed by atoms with Gasteiger partial charge in [0.2, 0.25) is 0 Å². The zero-order valence-electron chi connectivity index (χ0n) is 15.0. The monoisotopic (exact) mass is 367 g/mol. The van der Waals surface area contributed by atoms with Gasteiger partial charge in [0.05, 0.1) is 11.6 Å². The van der Waals surface area contributed by atoms with Crippen molar-refractivity contribution in [2.24, 2.45) is 40.4 Å². The van der Waals surface area contributed by atoms with Crippen LogP contribution in [0.25, 0.3) is 0 Å². The SMILES string of the molecule is C[C@]12C=CC(=O)C(=N)C1[C@@H](C(F)(F)F)C[C@@H]1[C@@H]2CC[C@]2(C)C(=O)CC[C@@H]12. The van der Waals surface area contributed by atoms with Crippen molar-refractivity contribution >= 4 is 17.3 Å². The fourth-order valence-corrected chi connectivity index (χ4v) is 6.81. The van der Waals surface area contributed by atoms with Gasteiger partial charge in [-0.2, -0.15) is 13.2 Å². The summed E-state index contributed by atoms with van der Waals surface area (Å²) in [7, 11) is 0. The molecule has 0 saturated heterocycles. The Morgan fingerprint density at radius 3 is 2.50 bits per heavy atom. The molecule has 3 nitrogen and oxygen atoms in total. The van der Waals surface area contributed by atoms with E-state index in [9.17, 15) is 22.8 Å². The number of allylic oxidation sites excluding steroid dienone is 2. The fraction of sp³-hybridized carbons (Fsp3) is 0.750. The number of carbonyl (C=O) groups excluding carboxylic acids is 2. The average Bonchev–Trinajstić information content (AvgIpc) is 2.85. The Hall–Kier alpha value is -1.46. The van der Waals surface area contributed by atoms with Crippen LogP contribution in [0.3, 0.4) is 0 Å². The van der Waals surface area contributed by atoms with Gasteiger partial charge < -0.3 is 5.41 Å². The lowest BCUT2D eigenvalue weighted by Gasteiger charge is -2.60. The molecule has 4 rings (SSSR count). The third-order valence-corrected chi connectivity index (χ3v) is 8.13. The topological polar surface area (TPSA) is 58.0 Å². The van der Waals surface area contributed by atoms with E-state index >= 15 is 0 Å². The van der Waals surface area contributed by atoms with Crippen LogP contribution >= 0.6 is 0 Å². The van der Waals surface area contributed by atoms with Crippen molar-refractivity contribution in [3.63, 3.8) is 0 Å². The van der Waals surface area contributed by atoms with Crippen LogP contribution in [0.5, 0.6) is 0 Å². The van der Waals surface area contributed by atoms with Gasteiger partial charge in [-0.05, 0) is 54.9 Å². The maximum atomic E-state index is 14.0. The van der Waals surface area contributed by atoms with Crippen molar-refractivity contribution in [2.75, 3.05) is 0 Å². The van der Waals surface area contributed by atoms with Crippen LogP contribution in [0.2, 0.25) is 0 Å². The summed E-state index contributed by atoms with van der Waals surface area (Å²) in [6.07, 6.45) is 0.942. The molecule has 4 aliphatic rings. The second-order valence-electron chi connectivity index (χ2n) is 9.13. The van der Waals surface area contributed by atoms with Gasteiger partial charge in [-0.15, -0.1) is 0 Å². The smallest absolute Gasteiger partial charge is 0.301 e. The van der Waals surface area contributed by atoms with Gasteiger partial charge in [0.15, 0.2) is 5.78 Å². The van der Waals surface area contributed by atoms with Crippen LogP contribution in [0.4, 0.5) is 13.2 Å². The summed E-state index contributed by atoms with van der Waals surface area (Å²) in [5.74, 6) is -3.42. The molecule has 0 radical (unpaired) electrons. The minimum absolute atomic E-state index is 0.0141. The highest BCUT2D eigenvalue weighted by molar-refractivity contribution is 6.44. The highest BCUT2D eigenvalue weighted by Gasteiger charge is 2.66. The maximum Gasteiger partial charge on any atom is 0.392 e. The first-order chi connectivity index (χ1) is 12.0. The molecule has 1 unspecified atom stereocenters. The first-order valence-electron chi connectivity index (χ1n) is 9.42. The molecular formula is C20H24F3NO2. The molecule has 0 heterocycles. The van der Waals surface area contributed by atoms with Gasteiger partial charge in [0.1, 0.15) is 5.78 Å². The molecule has 142 valence electrons. The van der Waals surface area contributed by atoms with Gasteiger partial charge in [-0.3, -0.25) is 9.59 Å².